The van der Waals surface area contributed by atoms with Crippen LogP contribution in [-0.4, -0.2) is 61.3 Å². The molecule has 0 radical (unpaired) electrons. The first-order chi connectivity index (χ1) is 10.4. The van der Waals surface area contributed by atoms with Crippen molar-refractivity contribution in [3.63, 3.8) is 0 Å². The maximum Gasteiger partial charge on any atom is 0.235 e. The first-order valence-electron chi connectivity index (χ1n) is 6.64. The summed E-state index contributed by atoms with van der Waals surface area (Å²) in [5, 5.41) is 23.8. The molecule has 6 N–H and O–H groups in total. The second kappa shape index (κ2) is 4.83. The highest BCUT2D eigenvalue weighted by Crippen LogP contribution is 2.46. The molecule has 1 saturated heterocycles. The molecule has 1 fully saturated rings. The molecule has 0 aliphatic carbocycles. The molecule has 0 spiro atoms. The number of aliphatic hydroxyl groups excluding tert-OH is 2. The van der Waals surface area contributed by atoms with Gasteiger partial charge in [0.1, 0.15) is 29.8 Å². The van der Waals surface area contributed by atoms with Crippen molar-refractivity contribution >= 4 is 11.5 Å². The molecule has 4 atom stereocenters. The molecule has 0 bridgehead atoms. The van der Waals surface area contributed by atoms with Crippen molar-refractivity contribution in [3.05, 3.63) is 18.2 Å². The highest BCUT2D eigenvalue weighted by atomic mass is 16.7. The number of methoxy groups -OCH3 is 1. The average molecular weight is 310 g/mol. The average Bonchev–Trinajstić information content (AvgIpc) is 3.01. The number of nitrogens with zero attached hydrogens (tertiary/aromatic N) is 4. The Morgan fingerprint density at radius 2 is 2.23 bits per heavy atom. The van der Waals surface area contributed by atoms with Crippen molar-refractivity contribution in [2.75, 3.05) is 19.5 Å². The lowest BCUT2D eigenvalue weighted by molar-refractivity contribution is -0.249. The van der Waals surface area contributed by atoms with Crippen molar-refractivity contribution in [3.8, 4) is 0 Å². The number of imidazole rings is 1. The predicted molar refractivity (Wildman–Crippen MR) is 74.4 cm³/mol. The first kappa shape index (κ1) is 15.1. The Bertz CT molecular complexity index is 704. The van der Waals surface area contributed by atoms with E-state index in [1.54, 1.807) is 6.92 Å². The van der Waals surface area contributed by atoms with E-state index in [1.165, 1.54) is 24.1 Å². The topological polar surface area (TPSA) is 154 Å². The molecule has 3 heterocycles. The third-order valence-corrected chi connectivity index (χ3v) is 4.13. The van der Waals surface area contributed by atoms with E-state index in [2.05, 4.69) is 15.1 Å². The van der Waals surface area contributed by atoms with Crippen molar-refractivity contribution < 1.29 is 19.7 Å². The minimum Gasteiger partial charge on any atom is -0.394 e. The number of aliphatic hydroxyl groups is 2. The predicted octanol–water partition coefficient (Wildman–Crippen LogP) is -2.02. The summed E-state index contributed by atoms with van der Waals surface area (Å²) in [5.74, 6) is -1.37. The van der Waals surface area contributed by atoms with Crippen LogP contribution in [0.15, 0.2) is 12.5 Å². The Labute approximate surface area is 125 Å². The van der Waals surface area contributed by atoms with E-state index in [-0.39, 0.29) is 5.82 Å². The molecule has 4 unspecified atom stereocenters. The lowest BCUT2D eigenvalue weighted by Crippen LogP contribution is -2.60. The van der Waals surface area contributed by atoms with Gasteiger partial charge in [0.15, 0.2) is 11.5 Å². The van der Waals surface area contributed by atoms with Gasteiger partial charge in [-0.2, -0.15) is 5.10 Å². The normalized spacial score (nSPS) is 35.3. The molecule has 0 aromatic carbocycles. The molecule has 1 aliphatic heterocycles. The minimum atomic E-state index is -1.56. The van der Waals surface area contributed by atoms with Gasteiger partial charge < -0.3 is 31.2 Å². The molecule has 120 valence electrons. The molecule has 10 nitrogen and oxygen atoms in total. The largest absolute Gasteiger partial charge is 0.394 e. The number of nitrogen functional groups attached to an aromatic ring is 1. The summed E-state index contributed by atoms with van der Waals surface area (Å²) in [6.07, 6.45) is 0.656. The van der Waals surface area contributed by atoms with E-state index in [0.717, 1.165) is 0 Å². The van der Waals surface area contributed by atoms with Crippen molar-refractivity contribution in [1.82, 2.24) is 19.6 Å². The van der Waals surface area contributed by atoms with Gasteiger partial charge in [-0.3, -0.25) is 0 Å². The summed E-state index contributed by atoms with van der Waals surface area (Å²) >= 11 is 0. The van der Waals surface area contributed by atoms with E-state index in [1.807, 2.05) is 0 Å². The monoisotopic (exact) mass is 310 g/mol. The summed E-state index contributed by atoms with van der Waals surface area (Å²) in [6.45, 7) is 1.16. The number of rotatable bonds is 3. The lowest BCUT2D eigenvalue weighted by Gasteiger charge is -2.38. The van der Waals surface area contributed by atoms with E-state index in [0.29, 0.717) is 11.3 Å². The fourth-order valence-electron chi connectivity index (χ4n) is 2.89. The summed E-state index contributed by atoms with van der Waals surface area (Å²) < 4.78 is 12.7. The van der Waals surface area contributed by atoms with Crippen LogP contribution in [0.4, 0.5) is 5.82 Å². The van der Waals surface area contributed by atoms with E-state index in [4.69, 9.17) is 20.9 Å². The maximum absolute atomic E-state index is 10.3. The molecular formula is C12H18N6O4. The Balaban J connectivity index is 2.24. The second-order valence-electron chi connectivity index (χ2n) is 5.41. The standard InChI is InChI=1S/C12H18N6O4/c1-11(14)8(20)6(4-19)22-12(11,21-2)7-3-15-10-9(13)16-5-17-18(7)10/h3,5-6,8,19-20H,4,14H2,1-2H3,(H2,13,16,17). The zero-order valence-corrected chi connectivity index (χ0v) is 12.2. The molecule has 10 heteroatoms. The number of hydrogen-bond donors (Lipinski definition) is 4. The summed E-state index contributed by atoms with van der Waals surface area (Å²) in [6, 6.07) is 0. The molecule has 0 saturated carbocycles. The van der Waals surface area contributed by atoms with Gasteiger partial charge in [0.05, 0.1) is 12.8 Å². The number of anilines is 1. The van der Waals surface area contributed by atoms with Gasteiger partial charge in [-0.15, -0.1) is 0 Å². The summed E-state index contributed by atoms with van der Waals surface area (Å²) in [7, 11) is 1.39. The van der Waals surface area contributed by atoms with Gasteiger partial charge in [-0.1, -0.05) is 0 Å². The zero-order chi connectivity index (χ0) is 16.1. The number of ether oxygens (including phenoxy) is 2. The Morgan fingerprint density at radius 1 is 1.50 bits per heavy atom. The van der Waals surface area contributed by atoms with E-state index >= 15 is 0 Å². The quantitative estimate of drug-likeness (QED) is 0.502. The zero-order valence-electron chi connectivity index (χ0n) is 12.2. The SMILES string of the molecule is COC1(c2cnc3c(N)ncnn23)OC(CO)C(O)C1(C)N. The lowest BCUT2D eigenvalue weighted by atomic mass is 9.85. The number of hydrogen-bond acceptors (Lipinski definition) is 9. The third kappa shape index (κ3) is 1.69. The Kier molecular flexibility index (Phi) is 3.30. The Hall–Kier alpha value is -1.85. The van der Waals surface area contributed by atoms with Crippen molar-refractivity contribution in [1.29, 1.82) is 0 Å². The van der Waals surface area contributed by atoms with Crippen molar-refractivity contribution in [2.45, 2.75) is 30.5 Å². The fourth-order valence-corrected chi connectivity index (χ4v) is 2.89. The summed E-state index contributed by atoms with van der Waals surface area (Å²) in [4.78, 5) is 8.01. The van der Waals surface area contributed by atoms with Gasteiger partial charge in [0, 0.05) is 7.11 Å². The van der Waals surface area contributed by atoms with E-state index < -0.39 is 30.1 Å². The fraction of sp³-hybridized carbons (Fsp3) is 0.583. The van der Waals surface area contributed by atoms with Gasteiger partial charge in [-0.05, 0) is 6.92 Å². The maximum atomic E-state index is 10.3. The minimum absolute atomic E-state index is 0.184. The molecule has 2 aromatic rings. The Morgan fingerprint density at radius 3 is 2.82 bits per heavy atom. The van der Waals surface area contributed by atoms with Crippen molar-refractivity contribution in [2.24, 2.45) is 5.73 Å². The number of nitrogens with two attached hydrogens (primary N) is 2. The van der Waals surface area contributed by atoms with Gasteiger partial charge in [0.25, 0.3) is 0 Å². The van der Waals surface area contributed by atoms with Gasteiger partial charge in [-0.25, -0.2) is 14.5 Å². The van der Waals surface area contributed by atoms with Crippen LogP contribution in [0.3, 0.4) is 0 Å². The van der Waals surface area contributed by atoms with Crippen LogP contribution in [0.5, 0.6) is 0 Å². The molecule has 0 amide bonds. The highest BCUT2D eigenvalue weighted by Gasteiger charge is 2.64. The first-order valence-corrected chi connectivity index (χ1v) is 6.64. The van der Waals surface area contributed by atoms with Crippen LogP contribution in [0.1, 0.15) is 12.6 Å². The molecule has 22 heavy (non-hydrogen) atoms. The molecule has 3 rings (SSSR count). The molecular weight excluding hydrogens is 292 g/mol. The van der Waals surface area contributed by atoms with E-state index in [9.17, 15) is 10.2 Å². The number of fused-ring (bicyclic) bond motifs is 1. The molecule has 1 aliphatic rings. The van der Waals surface area contributed by atoms with Crippen LogP contribution in [0.2, 0.25) is 0 Å². The van der Waals surface area contributed by atoms with Crippen LogP contribution in [0, 0.1) is 0 Å². The third-order valence-electron chi connectivity index (χ3n) is 4.13. The van der Waals surface area contributed by atoms with Gasteiger partial charge >= 0.3 is 0 Å². The van der Waals surface area contributed by atoms with Gasteiger partial charge in [0.2, 0.25) is 5.79 Å². The van der Waals surface area contributed by atoms with Crippen LogP contribution in [0.25, 0.3) is 5.65 Å². The molecule has 2 aromatic heterocycles. The van der Waals surface area contributed by atoms with Crippen LogP contribution < -0.4 is 11.5 Å². The van der Waals surface area contributed by atoms with Crippen LogP contribution in [-0.2, 0) is 15.3 Å². The number of aromatic nitrogens is 4. The highest BCUT2D eigenvalue weighted by molar-refractivity contribution is 5.59. The summed E-state index contributed by atoms with van der Waals surface area (Å²) in [5.41, 5.74) is 11.3. The smallest absolute Gasteiger partial charge is 0.235 e. The van der Waals surface area contributed by atoms with Crippen LogP contribution >= 0.6 is 0 Å². The second-order valence-corrected chi connectivity index (χ2v) is 5.41.